The number of nitrogens with zero attached hydrogens (tertiary/aromatic N) is 1. The number of thiocarbonyl (C=S) groups is 1. The summed E-state index contributed by atoms with van der Waals surface area (Å²) in [5, 5.41) is 15.6. The lowest BCUT2D eigenvalue weighted by Gasteiger charge is -2.10. The van der Waals surface area contributed by atoms with Gasteiger partial charge in [-0.25, -0.2) is 4.39 Å². The summed E-state index contributed by atoms with van der Waals surface area (Å²) in [7, 11) is 0. The van der Waals surface area contributed by atoms with Crippen LogP contribution in [0.25, 0.3) is 0 Å². The van der Waals surface area contributed by atoms with Crippen LogP contribution < -0.4 is 10.6 Å². The van der Waals surface area contributed by atoms with Gasteiger partial charge in [0.1, 0.15) is 16.9 Å². The van der Waals surface area contributed by atoms with Crippen LogP contribution in [-0.2, 0) is 12.8 Å². The molecule has 1 aliphatic rings. The SMILES string of the molecule is N#Cc1c(NC(=S)NC(=O)c2ccc(F)cc2Cl)sc2c1CCCC2. The zero-order chi connectivity index (χ0) is 18.0. The first-order valence-corrected chi connectivity index (χ1v) is 9.22. The van der Waals surface area contributed by atoms with Crippen LogP contribution in [0, 0.1) is 17.1 Å². The number of rotatable bonds is 2. The maximum Gasteiger partial charge on any atom is 0.258 e. The van der Waals surface area contributed by atoms with Crippen molar-refractivity contribution in [2.45, 2.75) is 25.7 Å². The molecule has 0 spiro atoms. The van der Waals surface area contributed by atoms with Crippen LogP contribution in [0.4, 0.5) is 9.39 Å². The summed E-state index contributed by atoms with van der Waals surface area (Å²) in [5.74, 6) is -1.06. The number of hydrogen-bond donors (Lipinski definition) is 2. The van der Waals surface area contributed by atoms with Gasteiger partial charge < -0.3 is 5.32 Å². The largest absolute Gasteiger partial charge is 0.323 e. The minimum absolute atomic E-state index is 0.00426. The highest BCUT2D eigenvalue weighted by Crippen LogP contribution is 2.37. The first-order valence-electron chi connectivity index (χ1n) is 7.61. The monoisotopic (exact) mass is 393 g/mol. The molecule has 1 aromatic heterocycles. The minimum atomic E-state index is -0.540. The number of carbonyl (C=O) groups excluding carboxylic acids is 1. The normalized spacial score (nSPS) is 12.8. The zero-order valence-corrected chi connectivity index (χ0v) is 15.4. The number of hydrogen-bond acceptors (Lipinski definition) is 4. The third-order valence-electron chi connectivity index (χ3n) is 3.91. The summed E-state index contributed by atoms with van der Waals surface area (Å²) in [6, 6.07) is 5.73. The predicted molar refractivity (Wildman–Crippen MR) is 101 cm³/mol. The Morgan fingerprint density at radius 2 is 2.12 bits per heavy atom. The second kappa shape index (κ2) is 7.48. The molecular formula is C17H13ClFN3OS2. The number of aryl methyl sites for hydroxylation is 1. The van der Waals surface area contributed by atoms with Crippen molar-refractivity contribution in [1.82, 2.24) is 5.32 Å². The number of anilines is 1. The molecule has 0 atom stereocenters. The predicted octanol–water partition coefficient (Wildman–Crippen LogP) is 4.42. The lowest BCUT2D eigenvalue weighted by Crippen LogP contribution is -2.34. The molecule has 4 nitrogen and oxygen atoms in total. The molecule has 2 aromatic rings. The molecular weight excluding hydrogens is 381 g/mol. The van der Waals surface area contributed by atoms with E-state index >= 15 is 0 Å². The van der Waals surface area contributed by atoms with Crippen molar-refractivity contribution in [2.24, 2.45) is 0 Å². The molecule has 0 radical (unpaired) electrons. The van der Waals surface area contributed by atoms with Crippen molar-refractivity contribution in [3.8, 4) is 6.07 Å². The van der Waals surface area contributed by atoms with E-state index < -0.39 is 11.7 Å². The van der Waals surface area contributed by atoms with Gasteiger partial charge in [0.05, 0.1) is 16.1 Å². The Kier molecular flexibility index (Phi) is 5.33. The van der Waals surface area contributed by atoms with Gasteiger partial charge in [0.2, 0.25) is 0 Å². The van der Waals surface area contributed by atoms with E-state index in [0.29, 0.717) is 10.6 Å². The number of nitriles is 1. The van der Waals surface area contributed by atoms with Crippen molar-refractivity contribution >= 4 is 51.2 Å². The fourth-order valence-corrected chi connectivity index (χ4v) is 4.51. The van der Waals surface area contributed by atoms with Crippen molar-refractivity contribution < 1.29 is 9.18 Å². The molecule has 25 heavy (non-hydrogen) atoms. The lowest BCUT2D eigenvalue weighted by atomic mass is 9.96. The molecule has 1 aliphatic carbocycles. The smallest absolute Gasteiger partial charge is 0.258 e. The highest BCUT2D eigenvalue weighted by atomic mass is 35.5. The second-order valence-corrected chi connectivity index (χ2v) is 7.48. The Morgan fingerprint density at radius 3 is 2.84 bits per heavy atom. The van der Waals surface area contributed by atoms with Crippen LogP contribution in [0.1, 0.15) is 39.2 Å². The van der Waals surface area contributed by atoms with Gasteiger partial charge in [-0.15, -0.1) is 11.3 Å². The molecule has 128 valence electrons. The van der Waals surface area contributed by atoms with Crippen LogP contribution in [0.2, 0.25) is 5.02 Å². The first-order chi connectivity index (χ1) is 12.0. The molecule has 0 aliphatic heterocycles. The number of nitrogens with one attached hydrogen (secondary N) is 2. The van der Waals surface area contributed by atoms with Gasteiger partial charge in [0.25, 0.3) is 5.91 Å². The van der Waals surface area contributed by atoms with E-state index in [0.717, 1.165) is 43.4 Å². The zero-order valence-electron chi connectivity index (χ0n) is 13.0. The molecule has 1 aromatic carbocycles. The summed E-state index contributed by atoms with van der Waals surface area (Å²) in [5.41, 5.74) is 1.80. The van der Waals surface area contributed by atoms with Gasteiger partial charge in [-0.3, -0.25) is 10.1 Å². The molecule has 0 saturated carbocycles. The third kappa shape index (κ3) is 3.82. The molecule has 0 fully saturated rings. The van der Waals surface area contributed by atoms with E-state index in [4.69, 9.17) is 23.8 Å². The van der Waals surface area contributed by atoms with Gasteiger partial charge in [0.15, 0.2) is 5.11 Å². The average Bonchev–Trinajstić information content (AvgIpc) is 2.91. The molecule has 8 heteroatoms. The Morgan fingerprint density at radius 1 is 1.36 bits per heavy atom. The number of carbonyl (C=O) groups is 1. The van der Waals surface area contributed by atoms with Crippen molar-refractivity contribution in [3.63, 3.8) is 0 Å². The van der Waals surface area contributed by atoms with E-state index in [-0.39, 0.29) is 15.7 Å². The average molecular weight is 394 g/mol. The standard InChI is InChI=1S/C17H13ClFN3OS2/c18-13-7-9(19)5-6-11(13)15(23)21-17(24)22-16-12(8-20)10-3-1-2-4-14(10)25-16/h5-7H,1-4H2,(H2,21,22,23,24). The summed E-state index contributed by atoms with van der Waals surface area (Å²) in [4.78, 5) is 13.4. The Bertz CT molecular complexity index is 904. The summed E-state index contributed by atoms with van der Waals surface area (Å²) >= 11 is 12.5. The number of halogens is 2. The van der Waals surface area contributed by atoms with Crippen molar-refractivity contribution in [3.05, 3.63) is 50.6 Å². The van der Waals surface area contributed by atoms with Crippen LogP contribution in [0.5, 0.6) is 0 Å². The fraction of sp³-hybridized carbons (Fsp3) is 0.235. The maximum atomic E-state index is 13.1. The van der Waals surface area contributed by atoms with E-state index in [1.165, 1.54) is 22.3 Å². The van der Waals surface area contributed by atoms with Gasteiger partial charge in [0, 0.05) is 4.88 Å². The van der Waals surface area contributed by atoms with E-state index in [2.05, 4.69) is 16.7 Å². The lowest BCUT2D eigenvalue weighted by molar-refractivity contribution is 0.0978. The van der Waals surface area contributed by atoms with Crippen LogP contribution in [0.3, 0.4) is 0 Å². The number of amides is 1. The number of fused-ring (bicyclic) bond motifs is 1. The Balaban J connectivity index is 1.74. The summed E-state index contributed by atoms with van der Waals surface area (Å²) in [6.07, 6.45) is 4.03. The highest BCUT2D eigenvalue weighted by molar-refractivity contribution is 7.80. The molecule has 0 unspecified atom stereocenters. The second-order valence-electron chi connectivity index (χ2n) is 5.56. The molecule has 2 N–H and O–H groups in total. The molecule has 1 heterocycles. The summed E-state index contributed by atoms with van der Waals surface area (Å²) < 4.78 is 13.1. The Hall–Kier alpha value is -2.01. The van der Waals surface area contributed by atoms with E-state index in [1.807, 2.05) is 0 Å². The quantitative estimate of drug-likeness (QED) is 0.741. The number of benzene rings is 1. The van der Waals surface area contributed by atoms with Gasteiger partial charge in [-0.1, -0.05) is 11.6 Å². The maximum absolute atomic E-state index is 13.1. The summed E-state index contributed by atoms with van der Waals surface area (Å²) in [6.45, 7) is 0. The third-order valence-corrected chi connectivity index (χ3v) is 5.64. The number of thiophene rings is 1. The minimum Gasteiger partial charge on any atom is -0.323 e. The van der Waals surface area contributed by atoms with Crippen LogP contribution in [0.15, 0.2) is 18.2 Å². The van der Waals surface area contributed by atoms with Gasteiger partial charge in [-0.2, -0.15) is 5.26 Å². The highest BCUT2D eigenvalue weighted by Gasteiger charge is 2.21. The van der Waals surface area contributed by atoms with Crippen molar-refractivity contribution in [2.75, 3.05) is 5.32 Å². The first kappa shape index (κ1) is 17.8. The van der Waals surface area contributed by atoms with Gasteiger partial charge in [-0.05, 0) is 61.7 Å². The molecule has 0 saturated heterocycles. The molecule has 1 amide bonds. The van der Waals surface area contributed by atoms with Crippen molar-refractivity contribution in [1.29, 1.82) is 5.26 Å². The molecule has 0 bridgehead atoms. The fourth-order valence-electron chi connectivity index (χ4n) is 2.75. The molecule has 3 rings (SSSR count). The van der Waals surface area contributed by atoms with E-state index in [9.17, 15) is 14.4 Å². The topological polar surface area (TPSA) is 64.9 Å². The van der Waals surface area contributed by atoms with Crippen LogP contribution in [-0.4, -0.2) is 11.0 Å². The van der Waals surface area contributed by atoms with Gasteiger partial charge >= 0.3 is 0 Å². The van der Waals surface area contributed by atoms with E-state index in [1.54, 1.807) is 0 Å². The van der Waals surface area contributed by atoms with Crippen LogP contribution >= 0.6 is 35.2 Å². The Labute approximate surface area is 158 Å².